The van der Waals surface area contributed by atoms with E-state index in [1.165, 1.54) is 0 Å². The van der Waals surface area contributed by atoms with Gasteiger partial charge in [-0.05, 0) is 36.0 Å². The first-order valence-electron chi connectivity index (χ1n) is 6.03. The predicted octanol–water partition coefficient (Wildman–Crippen LogP) is 3.58. The van der Waals surface area contributed by atoms with Gasteiger partial charge >= 0.3 is 0 Å². The number of hydrogen-bond acceptors (Lipinski definition) is 4. The molecule has 0 saturated carbocycles. The van der Waals surface area contributed by atoms with E-state index in [0.717, 1.165) is 29.4 Å². The van der Waals surface area contributed by atoms with Crippen LogP contribution in [0, 0.1) is 11.6 Å². The van der Waals surface area contributed by atoms with Crippen molar-refractivity contribution in [3.63, 3.8) is 0 Å². The molecule has 1 heterocycles. The molecule has 2 aromatic carbocycles. The van der Waals surface area contributed by atoms with Gasteiger partial charge in [-0.2, -0.15) is 0 Å². The summed E-state index contributed by atoms with van der Waals surface area (Å²) in [5, 5.41) is 0.390. The average Bonchev–Trinajstić information content (AvgIpc) is 2.84. The Labute approximate surface area is 123 Å². The smallest absolute Gasteiger partial charge is 0.171 e. The molecule has 0 aliphatic heterocycles. The number of ether oxygens (including phenoxy) is 1. The normalized spacial score (nSPS) is 11.0. The Bertz CT molecular complexity index is 796. The third-order valence-electron chi connectivity index (χ3n) is 2.89. The fourth-order valence-corrected chi connectivity index (χ4v) is 2.73. The molecule has 3 aromatic rings. The summed E-state index contributed by atoms with van der Waals surface area (Å²) in [4.78, 5) is 7.13. The molecule has 0 fully saturated rings. The first kappa shape index (κ1) is 13.7. The Kier molecular flexibility index (Phi) is 3.42. The van der Waals surface area contributed by atoms with Gasteiger partial charge in [0.05, 0.1) is 23.0 Å². The van der Waals surface area contributed by atoms with Crippen molar-refractivity contribution in [1.82, 2.24) is 9.97 Å². The lowest BCUT2D eigenvalue weighted by molar-refractivity contribution is 0.415. The minimum absolute atomic E-state index is 0.0451. The highest BCUT2D eigenvalue weighted by atomic mass is 32.2. The number of nitrogens with one attached hydrogen (secondary N) is 1. The molecule has 7 heteroatoms. The van der Waals surface area contributed by atoms with Crippen molar-refractivity contribution in [2.24, 2.45) is 0 Å². The van der Waals surface area contributed by atoms with Crippen LogP contribution in [0.2, 0.25) is 0 Å². The summed E-state index contributed by atoms with van der Waals surface area (Å²) < 4.78 is 32.7. The molecule has 108 valence electrons. The van der Waals surface area contributed by atoms with Crippen LogP contribution in [0.5, 0.6) is 5.75 Å². The minimum atomic E-state index is -0.712. The average molecular weight is 307 g/mol. The largest absolute Gasteiger partial charge is 0.497 e. The summed E-state index contributed by atoms with van der Waals surface area (Å²) in [5.74, 6) is -0.751. The molecule has 0 atom stereocenters. The summed E-state index contributed by atoms with van der Waals surface area (Å²) in [5.41, 5.74) is 6.85. The monoisotopic (exact) mass is 307 g/mol. The van der Waals surface area contributed by atoms with Crippen LogP contribution < -0.4 is 10.5 Å². The zero-order valence-corrected chi connectivity index (χ0v) is 11.8. The Morgan fingerprint density at radius 2 is 1.90 bits per heavy atom. The molecule has 3 rings (SSSR count). The van der Waals surface area contributed by atoms with E-state index in [9.17, 15) is 8.78 Å². The van der Waals surface area contributed by atoms with E-state index in [0.29, 0.717) is 16.4 Å². The number of rotatable bonds is 3. The molecule has 0 unspecified atom stereocenters. The Hall–Kier alpha value is -2.28. The van der Waals surface area contributed by atoms with Crippen LogP contribution in [0.25, 0.3) is 11.0 Å². The zero-order valence-electron chi connectivity index (χ0n) is 11.0. The van der Waals surface area contributed by atoms with Gasteiger partial charge < -0.3 is 15.5 Å². The third kappa shape index (κ3) is 2.64. The van der Waals surface area contributed by atoms with Gasteiger partial charge in [-0.25, -0.2) is 13.8 Å². The highest BCUT2D eigenvalue weighted by molar-refractivity contribution is 7.99. The van der Waals surface area contributed by atoms with Crippen LogP contribution in [-0.2, 0) is 0 Å². The summed E-state index contributed by atoms with van der Waals surface area (Å²) in [6.45, 7) is 0. The maximum atomic E-state index is 13.8. The number of halogens is 2. The van der Waals surface area contributed by atoms with E-state index in [2.05, 4.69) is 9.97 Å². The van der Waals surface area contributed by atoms with Crippen molar-refractivity contribution in [3.8, 4) is 5.75 Å². The molecule has 0 bridgehead atoms. The lowest BCUT2D eigenvalue weighted by Gasteiger charge is -2.03. The summed E-state index contributed by atoms with van der Waals surface area (Å²) in [6.07, 6.45) is 0. The fraction of sp³-hybridized carbons (Fsp3) is 0.0714. The molecule has 3 N–H and O–H groups in total. The van der Waals surface area contributed by atoms with Gasteiger partial charge in [-0.1, -0.05) is 0 Å². The van der Waals surface area contributed by atoms with Crippen molar-refractivity contribution in [2.45, 2.75) is 10.1 Å². The van der Waals surface area contributed by atoms with Gasteiger partial charge in [0.15, 0.2) is 5.16 Å². The summed E-state index contributed by atoms with van der Waals surface area (Å²) in [6, 6.07) is 7.46. The van der Waals surface area contributed by atoms with Gasteiger partial charge in [-0.15, -0.1) is 0 Å². The Balaban J connectivity index is 1.98. The van der Waals surface area contributed by atoms with Crippen LogP contribution in [0.15, 0.2) is 40.4 Å². The number of anilines is 1. The molecule has 21 heavy (non-hydrogen) atoms. The van der Waals surface area contributed by atoms with Gasteiger partial charge in [-0.3, -0.25) is 0 Å². The molecule has 4 nitrogen and oxygen atoms in total. The van der Waals surface area contributed by atoms with Crippen molar-refractivity contribution < 1.29 is 13.5 Å². The fourth-order valence-electron chi connectivity index (χ4n) is 1.91. The third-order valence-corrected chi connectivity index (χ3v) is 3.87. The van der Waals surface area contributed by atoms with Gasteiger partial charge in [0.25, 0.3) is 0 Å². The van der Waals surface area contributed by atoms with Crippen molar-refractivity contribution in [3.05, 3.63) is 42.0 Å². The molecule has 0 spiro atoms. The number of nitrogens with two attached hydrogens (primary N) is 1. The number of hydrogen-bond donors (Lipinski definition) is 2. The maximum absolute atomic E-state index is 13.8. The maximum Gasteiger partial charge on any atom is 0.171 e. The Morgan fingerprint density at radius 1 is 1.19 bits per heavy atom. The van der Waals surface area contributed by atoms with Crippen molar-refractivity contribution >= 4 is 28.5 Å². The number of aromatic amines is 1. The highest BCUT2D eigenvalue weighted by Gasteiger charge is 2.14. The molecule has 0 radical (unpaired) electrons. The van der Waals surface area contributed by atoms with Crippen LogP contribution in [0.3, 0.4) is 0 Å². The number of H-pyrrole nitrogens is 1. The molecule has 0 aliphatic rings. The molecule has 0 saturated heterocycles. The highest BCUT2D eigenvalue weighted by Crippen LogP contribution is 2.33. The first-order valence-corrected chi connectivity index (χ1v) is 6.84. The van der Waals surface area contributed by atoms with Crippen molar-refractivity contribution in [2.75, 3.05) is 12.8 Å². The number of benzene rings is 2. The lowest BCUT2D eigenvalue weighted by atomic mass is 10.3. The van der Waals surface area contributed by atoms with E-state index in [4.69, 9.17) is 10.5 Å². The summed E-state index contributed by atoms with van der Waals surface area (Å²) in [7, 11) is 1.56. The van der Waals surface area contributed by atoms with Crippen LogP contribution in [0.1, 0.15) is 0 Å². The van der Waals surface area contributed by atoms with Gasteiger partial charge in [0.2, 0.25) is 0 Å². The number of fused-ring (bicyclic) bond motifs is 1. The number of methoxy groups -OCH3 is 1. The standard InChI is InChI=1S/C14H11F2N3OS/c1-20-8-2-3-11-12(6-8)19-14(18-11)21-13-9(15)4-7(17)5-10(13)16/h2-6H,17H2,1H3,(H,18,19). The minimum Gasteiger partial charge on any atom is -0.497 e. The second kappa shape index (κ2) is 5.25. The molecule has 0 aliphatic carbocycles. The molecule has 1 aromatic heterocycles. The topological polar surface area (TPSA) is 63.9 Å². The second-order valence-electron chi connectivity index (χ2n) is 4.34. The lowest BCUT2D eigenvalue weighted by Crippen LogP contribution is -1.93. The van der Waals surface area contributed by atoms with Crippen molar-refractivity contribution in [1.29, 1.82) is 0 Å². The van der Waals surface area contributed by atoms with Crippen LogP contribution >= 0.6 is 11.8 Å². The zero-order chi connectivity index (χ0) is 15.0. The SMILES string of the molecule is COc1ccc2nc(Sc3c(F)cc(N)cc3F)[nH]c2c1. The van der Waals surface area contributed by atoms with E-state index < -0.39 is 11.6 Å². The molecule has 0 amide bonds. The number of aromatic nitrogens is 2. The van der Waals surface area contributed by atoms with E-state index in [1.807, 2.05) is 0 Å². The Morgan fingerprint density at radius 3 is 2.57 bits per heavy atom. The number of imidazole rings is 1. The van der Waals surface area contributed by atoms with Crippen LogP contribution in [-0.4, -0.2) is 17.1 Å². The quantitative estimate of drug-likeness (QED) is 0.726. The number of nitrogens with zero attached hydrogens (tertiary/aromatic N) is 1. The van der Waals surface area contributed by atoms with E-state index >= 15 is 0 Å². The second-order valence-corrected chi connectivity index (χ2v) is 5.34. The molecular weight excluding hydrogens is 296 g/mol. The molecular formula is C14H11F2N3OS. The number of nitrogen functional groups attached to an aromatic ring is 1. The van der Waals surface area contributed by atoms with Gasteiger partial charge in [0, 0.05) is 11.8 Å². The van der Waals surface area contributed by atoms with Gasteiger partial charge in [0.1, 0.15) is 17.4 Å². The van der Waals surface area contributed by atoms with Crippen LogP contribution in [0.4, 0.5) is 14.5 Å². The first-order chi connectivity index (χ1) is 10.1. The predicted molar refractivity (Wildman–Crippen MR) is 77.5 cm³/mol. The summed E-state index contributed by atoms with van der Waals surface area (Å²) >= 11 is 0.876. The van der Waals surface area contributed by atoms with E-state index in [1.54, 1.807) is 25.3 Å². The van der Waals surface area contributed by atoms with E-state index in [-0.39, 0.29) is 10.6 Å².